The van der Waals surface area contributed by atoms with E-state index in [0.717, 1.165) is 6.42 Å². The Hall–Kier alpha value is -1.06. The van der Waals surface area contributed by atoms with Crippen LogP contribution in [-0.2, 0) is 9.59 Å². The van der Waals surface area contributed by atoms with Gasteiger partial charge in [-0.2, -0.15) is 0 Å². The largest absolute Gasteiger partial charge is 0.481 e. The van der Waals surface area contributed by atoms with Gasteiger partial charge < -0.3 is 10.8 Å². The first-order valence-corrected chi connectivity index (χ1v) is 3.59. The fourth-order valence-electron chi connectivity index (χ4n) is 0.904. The first-order chi connectivity index (χ1) is 5.07. The number of carbonyl (C=O) groups is 2. The molecule has 4 nitrogen and oxygen atoms in total. The van der Waals surface area contributed by atoms with Gasteiger partial charge in [0.25, 0.3) is 0 Å². The number of amides is 1. The van der Waals surface area contributed by atoms with Crippen LogP contribution in [0.25, 0.3) is 0 Å². The molecule has 0 unspecified atom stereocenters. The van der Waals surface area contributed by atoms with Gasteiger partial charge >= 0.3 is 5.97 Å². The predicted octanol–water partition coefficient (Wildman–Crippen LogP) is 0.363. The normalized spacial score (nSPS) is 12.5. The number of hydrogen-bond acceptors (Lipinski definition) is 2. The van der Waals surface area contributed by atoms with Gasteiger partial charge in [-0.1, -0.05) is 13.3 Å². The summed E-state index contributed by atoms with van der Waals surface area (Å²) >= 11 is 0. The van der Waals surface area contributed by atoms with Gasteiger partial charge in [-0.25, -0.2) is 0 Å². The number of aliphatic carboxylic acids is 1. The lowest BCUT2D eigenvalue weighted by atomic mass is 9.99. The molecule has 0 rings (SSSR count). The Kier molecular flexibility index (Phi) is 4.26. The van der Waals surface area contributed by atoms with E-state index >= 15 is 0 Å². The Balaban J connectivity index is 3.89. The van der Waals surface area contributed by atoms with E-state index in [-0.39, 0.29) is 6.42 Å². The second-order valence-corrected chi connectivity index (χ2v) is 2.49. The van der Waals surface area contributed by atoms with E-state index in [4.69, 9.17) is 10.8 Å². The Morgan fingerprint density at radius 2 is 2.09 bits per heavy atom. The van der Waals surface area contributed by atoms with Crippen LogP contribution in [-0.4, -0.2) is 17.0 Å². The molecular weight excluding hydrogens is 146 g/mol. The number of rotatable bonds is 5. The third-order valence-electron chi connectivity index (χ3n) is 1.46. The van der Waals surface area contributed by atoms with Gasteiger partial charge in [0.2, 0.25) is 5.91 Å². The molecule has 4 heteroatoms. The molecule has 0 aliphatic carbocycles. The second-order valence-electron chi connectivity index (χ2n) is 2.49. The van der Waals surface area contributed by atoms with Crippen molar-refractivity contribution in [2.45, 2.75) is 26.2 Å². The molecule has 0 saturated heterocycles. The summed E-state index contributed by atoms with van der Waals surface area (Å²) in [6, 6.07) is 0. The molecular formula is C7H13NO3. The van der Waals surface area contributed by atoms with Crippen molar-refractivity contribution in [3.63, 3.8) is 0 Å². The molecule has 0 bridgehead atoms. The number of nitrogens with two attached hydrogens (primary N) is 1. The SMILES string of the molecule is CCC[C@H](CC(=O)O)C(N)=O. The summed E-state index contributed by atoms with van der Waals surface area (Å²) in [5, 5.41) is 8.35. The Morgan fingerprint density at radius 3 is 2.36 bits per heavy atom. The number of carboxylic acid groups (broad SMARTS) is 1. The van der Waals surface area contributed by atoms with Crippen LogP contribution in [0.5, 0.6) is 0 Å². The van der Waals surface area contributed by atoms with E-state index in [1.807, 2.05) is 6.92 Å². The third-order valence-corrected chi connectivity index (χ3v) is 1.46. The predicted molar refractivity (Wildman–Crippen MR) is 39.8 cm³/mol. The number of hydrogen-bond donors (Lipinski definition) is 2. The summed E-state index contributed by atoms with van der Waals surface area (Å²) in [7, 11) is 0. The molecule has 0 radical (unpaired) electrons. The van der Waals surface area contributed by atoms with Crippen LogP contribution in [0.4, 0.5) is 0 Å². The van der Waals surface area contributed by atoms with Crippen molar-refractivity contribution in [2.75, 3.05) is 0 Å². The molecule has 0 aliphatic rings. The molecule has 0 spiro atoms. The van der Waals surface area contributed by atoms with Crippen molar-refractivity contribution in [1.82, 2.24) is 0 Å². The molecule has 0 aliphatic heterocycles. The standard InChI is InChI=1S/C7H13NO3/c1-2-3-5(7(8)11)4-6(9)10/h5H,2-4H2,1H3,(H2,8,11)(H,9,10)/t5-/m1/s1. The summed E-state index contributed by atoms with van der Waals surface area (Å²) in [6.07, 6.45) is 1.19. The minimum atomic E-state index is -0.970. The highest BCUT2D eigenvalue weighted by atomic mass is 16.4. The van der Waals surface area contributed by atoms with Gasteiger partial charge in [0, 0.05) is 5.92 Å². The Labute approximate surface area is 65.4 Å². The van der Waals surface area contributed by atoms with E-state index < -0.39 is 17.8 Å². The van der Waals surface area contributed by atoms with E-state index in [0.29, 0.717) is 6.42 Å². The van der Waals surface area contributed by atoms with Gasteiger partial charge in [0.05, 0.1) is 6.42 Å². The number of carbonyl (C=O) groups excluding carboxylic acids is 1. The molecule has 1 amide bonds. The van der Waals surface area contributed by atoms with Gasteiger partial charge in [-0.15, -0.1) is 0 Å². The van der Waals surface area contributed by atoms with E-state index in [1.165, 1.54) is 0 Å². The maximum absolute atomic E-state index is 10.6. The summed E-state index contributed by atoms with van der Waals surface area (Å²) < 4.78 is 0. The molecule has 11 heavy (non-hydrogen) atoms. The lowest BCUT2D eigenvalue weighted by Gasteiger charge is -2.07. The van der Waals surface area contributed by atoms with Crippen molar-refractivity contribution < 1.29 is 14.7 Å². The average molecular weight is 159 g/mol. The minimum Gasteiger partial charge on any atom is -0.481 e. The summed E-state index contributed by atoms with van der Waals surface area (Å²) in [4.78, 5) is 20.8. The average Bonchev–Trinajstić information content (AvgIpc) is 1.86. The zero-order valence-corrected chi connectivity index (χ0v) is 6.54. The van der Waals surface area contributed by atoms with Crippen molar-refractivity contribution in [3.05, 3.63) is 0 Å². The number of carboxylic acids is 1. The van der Waals surface area contributed by atoms with Crippen molar-refractivity contribution in [2.24, 2.45) is 11.7 Å². The second kappa shape index (κ2) is 4.71. The van der Waals surface area contributed by atoms with E-state index in [2.05, 4.69) is 0 Å². The molecule has 64 valence electrons. The highest BCUT2D eigenvalue weighted by Gasteiger charge is 2.17. The molecule has 0 aromatic heterocycles. The minimum absolute atomic E-state index is 0.150. The van der Waals surface area contributed by atoms with E-state index in [1.54, 1.807) is 0 Å². The van der Waals surface area contributed by atoms with E-state index in [9.17, 15) is 9.59 Å². The maximum Gasteiger partial charge on any atom is 0.304 e. The third kappa shape index (κ3) is 4.36. The van der Waals surface area contributed by atoms with Crippen LogP contribution < -0.4 is 5.73 Å². The molecule has 1 atom stereocenters. The molecule has 0 heterocycles. The highest BCUT2D eigenvalue weighted by Crippen LogP contribution is 2.09. The highest BCUT2D eigenvalue weighted by molar-refractivity contribution is 5.81. The van der Waals surface area contributed by atoms with Gasteiger partial charge in [-0.05, 0) is 6.42 Å². The molecule has 0 fully saturated rings. The van der Waals surface area contributed by atoms with Crippen molar-refractivity contribution in [3.8, 4) is 0 Å². The maximum atomic E-state index is 10.6. The molecule has 0 aromatic rings. The molecule has 0 aromatic carbocycles. The van der Waals surface area contributed by atoms with Gasteiger partial charge in [-0.3, -0.25) is 9.59 Å². The Morgan fingerprint density at radius 1 is 1.55 bits per heavy atom. The fourth-order valence-corrected chi connectivity index (χ4v) is 0.904. The van der Waals surface area contributed by atoms with Crippen LogP contribution in [0, 0.1) is 5.92 Å². The summed E-state index contributed by atoms with van der Waals surface area (Å²) in [5.41, 5.74) is 4.97. The zero-order valence-electron chi connectivity index (χ0n) is 6.54. The van der Waals surface area contributed by atoms with Gasteiger partial charge in [0.1, 0.15) is 0 Å². The fraction of sp³-hybridized carbons (Fsp3) is 0.714. The topological polar surface area (TPSA) is 80.4 Å². The van der Waals surface area contributed by atoms with Crippen LogP contribution in [0.15, 0.2) is 0 Å². The van der Waals surface area contributed by atoms with Crippen LogP contribution in [0.3, 0.4) is 0 Å². The van der Waals surface area contributed by atoms with Gasteiger partial charge in [0.15, 0.2) is 0 Å². The zero-order chi connectivity index (χ0) is 8.85. The summed E-state index contributed by atoms with van der Waals surface area (Å²) in [5.74, 6) is -1.99. The molecule has 3 N–H and O–H groups in total. The van der Waals surface area contributed by atoms with Crippen molar-refractivity contribution in [1.29, 1.82) is 0 Å². The first kappa shape index (κ1) is 9.94. The summed E-state index contributed by atoms with van der Waals surface area (Å²) in [6.45, 7) is 1.89. The quantitative estimate of drug-likeness (QED) is 0.607. The first-order valence-electron chi connectivity index (χ1n) is 3.59. The van der Waals surface area contributed by atoms with Crippen LogP contribution >= 0.6 is 0 Å². The smallest absolute Gasteiger partial charge is 0.304 e. The Bertz CT molecular complexity index is 156. The van der Waals surface area contributed by atoms with Crippen molar-refractivity contribution >= 4 is 11.9 Å². The molecule has 0 saturated carbocycles. The van der Waals surface area contributed by atoms with Crippen LogP contribution in [0.2, 0.25) is 0 Å². The lowest BCUT2D eigenvalue weighted by molar-refractivity contribution is -0.140. The lowest BCUT2D eigenvalue weighted by Crippen LogP contribution is -2.25. The monoisotopic (exact) mass is 159 g/mol. The number of primary amides is 1. The van der Waals surface area contributed by atoms with Crippen LogP contribution in [0.1, 0.15) is 26.2 Å².